The van der Waals surface area contributed by atoms with Gasteiger partial charge in [0.15, 0.2) is 0 Å². The van der Waals surface area contributed by atoms with E-state index in [2.05, 4.69) is 41.0 Å². The van der Waals surface area contributed by atoms with E-state index in [1.807, 2.05) is 13.0 Å². The summed E-state index contributed by atoms with van der Waals surface area (Å²) in [5, 5.41) is 3.61. The maximum absolute atomic E-state index is 5.26. The Kier molecular flexibility index (Phi) is 5.04. The van der Waals surface area contributed by atoms with E-state index in [4.69, 9.17) is 4.74 Å². The minimum atomic E-state index is 0.178. The van der Waals surface area contributed by atoms with E-state index in [1.54, 1.807) is 7.11 Å². The summed E-state index contributed by atoms with van der Waals surface area (Å²) >= 11 is 0. The fourth-order valence-corrected chi connectivity index (χ4v) is 2.68. The van der Waals surface area contributed by atoms with Crippen LogP contribution in [0.1, 0.15) is 39.4 Å². The van der Waals surface area contributed by atoms with E-state index in [1.165, 1.54) is 12.8 Å². The van der Waals surface area contributed by atoms with Crippen molar-refractivity contribution in [2.75, 3.05) is 31.6 Å². The van der Waals surface area contributed by atoms with Crippen LogP contribution >= 0.6 is 0 Å². The van der Waals surface area contributed by atoms with Gasteiger partial charge in [-0.05, 0) is 46.5 Å². The van der Waals surface area contributed by atoms with Gasteiger partial charge in [0.2, 0.25) is 5.88 Å². The van der Waals surface area contributed by atoms with Gasteiger partial charge in [-0.1, -0.05) is 0 Å². The zero-order valence-corrected chi connectivity index (χ0v) is 13.9. The highest BCUT2D eigenvalue weighted by Crippen LogP contribution is 2.24. The summed E-state index contributed by atoms with van der Waals surface area (Å²) in [5.74, 6) is 3.06. The Morgan fingerprint density at radius 2 is 2.14 bits per heavy atom. The molecule has 21 heavy (non-hydrogen) atoms. The molecule has 0 amide bonds. The van der Waals surface area contributed by atoms with Crippen molar-refractivity contribution in [3.05, 3.63) is 11.9 Å². The molecule has 1 saturated heterocycles. The van der Waals surface area contributed by atoms with Crippen LogP contribution in [0.4, 0.5) is 5.82 Å². The van der Waals surface area contributed by atoms with E-state index in [9.17, 15) is 0 Å². The van der Waals surface area contributed by atoms with Gasteiger partial charge in [0, 0.05) is 31.2 Å². The summed E-state index contributed by atoms with van der Waals surface area (Å²) < 4.78 is 5.26. The molecule has 0 bridgehead atoms. The molecule has 0 saturated carbocycles. The van der Waals surface area contributed by atoms with E-state index in [-0.39, 0.29) is 5.54 Å². The van der Waals surface area contributed by atoms with Crippen molar-refractivity contribution in [1.29, 1.82) is 0 Å². The Morgan fingerprint density at radius 3 is 2.81 bits per heavy atom. The summed E-state index contributed by atoms with van der Waals surface area (Å²) in [5.41, 5.74) is 0.178. The lowest BCUT2D eigenvalue weighted by Crippen LogP contribution is -2.45. The van der Waals surface area contributed by atoms with Crippen molar-refractivity contribution in [3.8, 4) is 5.88 Å². The minimum Gasteiger partial charge on any atom is -0.481 e. The fraction of sp³-hybridized carbons (Fsp3) is 0.750. The second-order valence-corrected chi connectivity index (χ2v) is 6.90. The van der Waals surface area contributed by atoms with E-state index in [0.717, 1.165) is 31.3 Å². The van der Waals surface area contributed by atoms with Crippen LogP contribution in [0.25, 0.3) is 0 Å². The first-order valence-corrected chi connectivity index (χ1v) is 7.77. The van der Waals surface area contributed by atoms with Crippen molar-refractivity contribution in [2.24, 2.45) is 5.92 Å². The number of aromatic nitrogens is 2. The monoisotopic (exact) mass is 292 g/mol. The van der Waals surface area contributed by atoms with E-state index >= 15 is 0 Å². The lowest BCUT2D eigenvalue weighted by atomic mass is 9.96. The Balaban J connectivity index is 2.02. The average molecular weight is 292 g/mol. The van der Waals surface area contributed by atoms with Crippen molar-refractivity contribution >= 4 is 5.82 Å². The molecule has 1 aliphatic heterocycles. The van der Waals surface area contributed by atoms with Gasteiger partial charge in [-0.15, -0.1) is 0 Å². The maximum Gasteiger partial charge on any atom is 0.218 e. The average Bonchev–Trinajstić information content (AvgIpc) is 2.44. The SMILES string of the molecule is COc1cc(N2CCCC(CNC(C)(C)C)C2)nc(C)n1. The number of methoxy groups -OCH3 is 1. The summed E-state index contributed by atoms with van der Waals surface area (Å²) in [6.45, 7) is 11.7. The second kappa shape index (κ2) is 6.60. The number of aryl methyl sites for hydroxylation is 1. The number of nitrogens with one attached hydrogen (secondary N) is 1. The molecule has 2 heterocycles. The van der Waals surface area contributed by atoms with Crippen LogP contribution < -0.4 is 15.0 Å². The quantitative estimate of drug-likeness (QED) is 0.923. The molecule has 1 aromatic rings. The Labute approximate surface area is 128 Å². The van der Waals surface area contributed by atoms with Gasteiger partial charge >= 0.3 is 0 Å². The molecule has 0 aliphatic carbocycles. The third kappa shape index (κ3) is 4.84. The molecule has 1 N–H and O–H groups in total. The van der Waals surface area contributed by atoms with Gasteiger partial charge in [-0.3, -0.25) is 0 Å². The molecule has 1 fully saturated rings. The van der Waals surface area contributed by atoms with Crippen LogP contribution in [0, 0.1) is 12.8 Å². The molecule has 0 radical (unpaired) electrons. The van der Waals surface area contributed by atoms with Gasteiger partial charge in [0.1, 0.15) is 11.6 Å². The fourth-order valence-electron chi connectivity index (χ4n) is 2.68. The molecule has 0 spiro atoms. The van der Waals surface area contributed by atoms with Gasteiger partial charge < -0.3 is 15.0 Å². The molecule has 5 heteroatoms. The first-order valence-electron chi connectivity index (χ1n) is 7.77. The van der Waals surface area contributed by atoms with Crippen LogP contribution in [-0.4, -0.2) is 42.3 Å². The molecule has 1 aliphatic rings. The predicted octanol–water partition coefficient (Wildman–Crippen LogP) is 2.40. The number of ether oxygens (including phenoxy) is 1. The Morgan fingerprint density at radius 1 is 1.38 bits per heavy atom. The summed E-state index contributed by atoms with van der Waals surface area (Å²) in [4.78, 5) is 11.2. The maximum atomic E-state index is 5.26. The van der Waals surface area contributed by atoms with Crippen LogP contribution in [0.5, 0.6) is 5.88 Å². The van der Waals surface area contributed by atoms with Gasteiger partial charge in [0.05, 0.1) is 7.11 Å². The van der Waals surface area contributed by atoms with Gasteiger partial charge in [-0.2, -0.15) is 4.98 Å². The Hall–Kier alpha value is -1.36. The molecule has 1 aromatic heterocycles. The molecule has 0 aromatic carbocycles. The number of anilines is 1. The van der Waals surface area contributed by atoms with Crippen molar-refractivity contribution in [1.82, 2.24) is 15.3 Å². The standard InChI is InChI=1S/C16H28N4O/c1-12-18-14(9-15(19-12)21-5)20-8-6-7-13(11-20)10-17-16(2,3)4/h9,13,17H,6-8,10-11H2,1-5H3. The third-order valence-electron chi connectivity index (χ3n) is 3.77. The molecule has 1 atom stereocenters. The van der Waals surface area contributed by atoms with Crippen LogP contribution in [0.2, 0.25) is 0 Å². The van der Waals surface area contributed by atoms with Crippen LogP contribution in [-0.2, 0) is 0 Å². The van der Waals surface area contributed by atoms with Crippen LogP contribution in [0.3, 0.4) is 0 Å². The highest BCUT2D eigenvalue weighted by atomic mass is 16.5. The molecular weight excluding hydrogens is 264 g/mol. The van der Waals surface area contributed by atoms with Crippen molar-refractivity contribution < 1.29 is 4.74 Å². The lowest BCUT2D eigenvalue weighted by Gasteiger charge is -2.35. The van der Waals surface area contributed by atoms with Gasteiger partial charge in [0.25, 0.3) is 0 Å². The lowest BCUT2D eigenvalue weighted by molar-refractivity contribution is 0.334. The van der Waals surface area contributed by atoms with Crippen LogP contribution in [0.15, 0.2) is 6.07 Å². The smallest absolute Gasteiger partial charge is 0.218 e. The molecule has 118 valence electrons. The molecule has 2 rings (SSSR count). The number of hydrogen-bond acceptors (Lipinski definition) is 5. The second-order valence-electron chi connectivity index (χ2n) is 6.90. The Bertz CT molecular complexity index is 470. The summed E-state index contributed by atoms with van der Waals surface area (Å²) in [7, 11) is 1.65. The predicted molar refractivity (Wildman–Crippen MR) is 86.0 cm³/mol. The van der Waals surface area contributed by atoms with Crippen molar-refractivity contribution in [2.45, 2.75) is 46.1 Å². The highest BCUT2D eigenvalue weighted by molar-refractivity contribution is 5.42. The number of hydrogen-bond donors (Lipinski definition) is 1. The summed E-state index contributed by atoms with van der Waals surface area (Å²) in [6.07, 6.45) is 2.49. The third-order valence-corrected chi connectivity index (χ3v) is 3.77. The minimum absolute atomic E-state index is 0.178. The molecular formula is C16H28N4O. The zero-order chi connectivity index (χ0) is 15.5. The number of piperidine rings is 1. The molecule has 1 unspecified atom stereocenters. The zero-order valence-electron chi connectivity index (χ0n) is 13.9. The van der Waals surface area contributed by atoms with E-state index in [0.29, 0.717) is 11.8 Å². The first kappa shape index (κ1) is 16.0. The van der Waals surface area contributed by atoms with Crippen molar-refractivity contribution in [3.63, 3.8) is 0 Å². The highest BCUT2D eigenvalue weighted by Gasteiger charge is 2.23. The first-order chi connectivity index (χ1) is 9.87. The topological polar surface area (TPSA) is 50.3 Å². The number of nitrogens with zero attached hydrogens (tertiary/aromatic N) is 3. The normalized spacial score (nSPS) is 19.7. The van der Waals surface area contributed by atoms with E-state index < -0.39 is 0 Å². The molecule has 5 nitrogen and oxygen atoms in total. The van der Waals surface area contributed by atoms with Gasteiger partial charge in [-0.25, -0.2) is 4.98 Å². The summed E-state index contributed by atoms with van der Waals surface area (Å²) in [6, 6.07) is 1.94. The largest absolute Gasteiger partial charge is 0.481 e. The number of rotatable bonds is 4.